The number of ether oxygens (including phenoxy) is 1. The van der Waals surface area contributed by atoms with Crippen LogP contribution in [0, 0.1) is 0 Å². The molecule has 122 valence electrons. The molecule has 0 amide bonds. The highest BCUT2D eigenvalue weighted by atomic mass is 32.2. The Morgan fingerprint density at radius 1 is 1.26 bits per heavy atom. The van der Waals surface area contributed by atoms with Crippen molar-refractivity contribution < 1.29 is 4.74 Å². The molecule has 2 heterocycles. The minimum atomic E-state index is 0.660. The van der Waals surface area contributed by atoms with Crippen LogP contribution < -0.4 is 4.90 Å². The number of benzene rings is 1. The van der Waals surface area contributed by atoms with Gasteiger partial charge in [-0.2, -0.15) is 4.37 Å². The van der Waals surface area contributed by atoms with Crippen LogP contribution in [-0.2, 0) is 17.0 Å². The molecule has 0 N–H and O–H groups in total. The van der Waals surface area contributed by atoms with E-state index < -0.39 is 0 Å². The van der Waals surface area contributed by atoms with Crippen molar-refractivity contribution in [3.63, 3.8) is 0 Å². The summed E-state index contributed by atoms with van der Waals surface area (Å²) in [6.45, 7) is 1.44. The predicted octanol–water partition coefficient (Wildman–Crippen LogP) is 2.89. The molecule has 0 aliphatic rings. The smallest absolute Gasteiger partial charge is 0.204 e. The van der Waals surface area contributed by atoms with Gasteiger partial charge in [0.05, 0.1) is 23.4 Å². The Kier molecular flexibility index (Phi) is 5.14. The SMILES string of the molecule is COCCn1c(SCc2nsc(N(C)C)n2)nc2ccccc21. The van der Waals surface area contributed by atoms with Crippen molar-refractivity contribution in [1.29, 1.82) is 0 Å². The van der Waals surface area contributed by atoms with Gasteiger partial charge in [-0.3, -0.25) is 0 Å². The largest absolute Gasteiger partial charge is 0.383 e. The van der Waals surface area contributed by atoms with Crippen LogP contribution in [0.25, 0.3) is 11.0 Å². The number of hydrogen-bond acceptors (Lipinski definition) is 7. The fourth-order valence-electron chi connectivity index (χ4n) is 2.18. The summed E-state index contributed by atoms with van der Waals surface area (Å²) in [6.07, 6.45) is 0. The zero-order valence-electron chi connectivity index (χ0n) is 13.4. The first kappa shape index (κ1) is 16.2. The molecule has 0 radical (unpaired) electrons. The number of methoxy groups -OCH3 is 1. The Bertz CT molecular complexity index is 783. The number of para-hydroxylation sites is 2. The first-order valence-electron chi connectivity index (χ1n) is 7.26. The molecule has 2 aromatic heterocycles. The highest BCUT2D eigenvalue weighted by molar-refractivity contribution is 7.98. The van der Waals surface area contributed by atoms with Gasteiger partial charge in [0.25, 0.3) is 0 Å². The van der Waals surface area contributed by atoms with E-state index in [4.69, 9.17) is 9.72 Å². The van der Waals surface area contributed by atoms with Crippen LogP contribution in [0.3, 0.4) is 0 Å². The number of hydrogen-bond donors (Lipinski definition) is 0. The summed E-state index contributed by atoms with van der Waals surface area (Å²) in [5, 5.41) is 1.90. The van der Waals surface area contributed by atoms with E-state index in [1.165, 1.54) is 11.5 Å². The molecule has 6 nitrogen and oxygen atoms in total. The molecular formula is C15H19N5OS2. The van der Waals surface area contributed by atoms with Crippen LogP contribution in [0.2, 0.25) is 0 Å². The molecule has 0 fully saturated rings. The highest BCUT2D eigenvalue weighted by Crippen LogP contribution is 2.27. The van der Waals surface area contributed by atoms with Gasteiger partial charge in [0, 0.05) is 39.3 Å². The maximum absolute atomic E-state index is 5.23. The normalized spacial score (nSPS) is 11.3. The first-order chi connectivity index (χ1) is 11.2. The van der Waals surface area contributed by atoms with Crippen molar-refractivity contribution in [1.82, 2.24) is 18.9 Å². The lowest BCUT2D eigenvalue weighted by Gasteiger charge is -2.07. The Morgan fingerprint density at radius 3 is 2.83 bits per heavy atom. The number of rotatable bonds is 7. The maximum Gasteiger partial charge on any atom is 0.204 e. The van der Waals surface area contributed by atoms with E-state index in [-0.39, 0.29) is 0 Å². The van der Waals surface area contributed by atoms with E-state index in [0.29, 0.717) is 12.4 Å². The lowest BCUT2D eigenvalue weighted by molar-refractivity contribution is 0.186. The van der Waals surface area contributed by atoms with Crippen LogP contribution in [0.1, 0.15) is 5.82 Å². The second-order valence-corrected chi connectivity index (χ2v) is 6.88. The Morgan fingerprint density at radius 2 is 2.09 bits per heavy atom. The van der Waals surface area contributed by atoms with Crippen LogP contribution in [0.15, 0.2) is 29.4 Å². The number of imidazole rings is 1. The number of anilines is 1. The minimum Gasteiger partial charge on any atom is -0.383 e. The van der Waals surface area contributed by atoms with Crippen molar-refractivity contribution in [2.24, 2.45) is 0 Å². The number of aromatic nitrogens is 4. The van der Waals surface area contributed by atoms with E-state index in [1.54, 1.807) is 18.9 Å². The third-order valence-electron chi connectivity index (χ3n) is 3.31. The second kappa shape index (κ2) is 7.29. The van der Waals surface area contributed by atoms with Gasteiger partial charge in [-0.05, 0) is 12.1 Å². The van der Waals surface area contributed by atoms with Gasteiger partial charge in [0.15, 0.2) is 11.0 Å². The van der Waals surface area contributed by atoms with E-state index in [2.05, 4.69) is 20.0 Å². The van der Waals surface area contributed by atoms with Crippen molar-refractivity contribution in [3.05, 3.63) is 30.1 Å². The standard InChI is InChI=1S/C15H19N5OS2/c1-19(2)14-17-13(18-23-14)10-22-15-16-11-6-4-5-7-12(11)20(15)8-9-21-3/h4-7H,8-10H2,1-3H3. The zero-order valence-corrected chi connectivity index (χ0v) is 15.0. The molecule has 3 aromatic rings. The fraction of sp³-hybridized carbons (Fsp3) is 0.400. The van der Waals surface area contributed by atoms with Crippen molar-refractivity contribution >= 4 is 39.5 Å². The summed E-state index contributed by atoms with van der Waals surface area (Å²) >= 11 is 3.08. The predicted molar refractivity (Wildman–Crippen MR) is 95.4 cm³/mol. The molecule has 0 saturated carbocycles. The first-order valence-corrected chi connectivity index (χ1v) is 9.02. The van der Waals surface area contributed by atoms with Crippen LogP contribution in [0.5, 0.6) is 0 Å². The quantitative estimate of drug-likeness (QED) is 0.611. The van der Waals surface area contributed by atoms with Gasteiger partial charge in [-0.1, -0.05) is 23.9 Å². The van der Waals surface area contributed by atoms with Gasteiger partial charge < -0.3 is 14.2 Å². The lowest BCUT2D eigenvalue weighted by atomic mass is 10.3. The van der Waals surface area contributed by atoms with Crippen molar-refractivity contribution in [2.75, 3.05) is 32.7 Å². The minimum absolute atomic E-state index is 0.660. The lowest BCUT2D eigenvalue weighted by Crippen LogP contribution is -2.08. The van der Waals surface area contributed by atoms with Gasteiger partial charge in [-0.15, -0.1) is 0 Å². The van der Waals surface area contributed by atoms with E-state index in [1.807, 2.05) is 37.2 Å². The average molecular weight is 349 g/mol. The molecule has 0 aliphatic heterocycles. The molecular weight excluding hydrogens is 330 g/mol. The molecule has 0 unspecified atom stereocenters. The number of thioether (sulfide) groups is 1. The molecule has 0 spiro atoms. The molecule has 23 heavy (non-hydrogen) atoms. The maximum atomic E-state index is 5.23. The Hall–Kier alpha value is -1.64. The summed E-state index contributed by atoms with van der Waals surface area (Å²) in [7, 11) is 5.66. The van der Waals surface area contributed by atoms with Gasteiger partial charge in [-0.25, -0.2) is 9.97 Å². The summed E-state index contributed by atoms with van der Waals surface area (Å²) in [5.41, 5.74) is 2.14. The van der Waals surface area contributed by atoms with Crippen LogP contribution >= 0.6 is 23.3 Å². The summed E-state index contributed by atoms with van der Waals surface area (Å²) in [6, 6.07) is 8.17. The Balaban J connectivity index is 1.80. The van der Waals surface area contributed by atoms with E-state index in [9.17, 15) is 0 Å². The van der Waals surface area contributed by atoms with Crippen LogP contribution in [0.4, 0.5) is 5.13 Å². The van der Waals surface area contributed by atoms with E-state index >= 15 is 0 Å². The molecule has 0 saturated heterocycles. The number of fused-ring (bicyclic) bond motifs is 1. The van der Waals surface area contributed by atoms with Crippen molar-refractivity contribution in [2.45, 2.75) is 17.5 Å². The second-order valence-electron chi connectivity index (χ2n) is 5.20. The van der Waals surface area contributed by atoms with Gasteiger partial charge in [0.1, 0.15) is 0 Å². The monoisotopic (exact) mass is 349 g/mol. The summed E-state index contributed by atoms with van der Waals surface area (Å²) < 4.78 is 11.8. The van der Waals surface area contributed by atoms with Gasteiger partial charge in [0.2, 0.25) is 5.13 Å². The van der Waals surface area contributed by atoms with Crippen molar-refractivity contribution in [3.8, 4) is 0 Å². The molecule has 0 aliphatic carbocycles. The molecule has 0 atom stereocenters. The number of nitrogens with zero attached hydrogens (tertiary/aromatic N) is 5. The highest BCUT2D eigenvalue weighted by Gasteiger charge is 2.13. The fourth-order valence-corrected chi connectivity index (χ4v) is 3.76. The molecule has 3 rings (SSSR count). The third kappa shape index (κ3) is 3.65. The summed E-state index contributed by atoms with van der Waals surface area (Å²) in [5.74, 6) is 1.55. The molecule has 8 heteroatoms. The zero-order chi connectivity index (χ0) is 16.2. The van der Waals surface area contributed by atoms with E-state index in [0.717, 1.165) is 33.7 Å². The Labute approximate surface area is 143 Å². The third-order valence-corrected chi connectivity index (χ3v) is 5.20. The molecule has 0 bridgehead atoms. The van der Waals surface area contributed by atoms with Gasteiger partial charge >= 0.3 is 0 Å². The average Bonchev–Trinajstić information content (AvgIpc) is 3.15. The van der Waals surface area contributed by atoms with Crippen LogP contribution in [-0.4, -0.2) is 46.7 Å². The topological polar surface area (TPSA) is 56.1 Å². The summed E-state index contributed by atoms with van der Waals surface area (Å²) in [4.78, 5) is 11.2. The molecule has 1 aromatic carbocycles.